The molecule has 150 valence electrons. The number of benzene rings is 1. The van der Waals surface area contributed by atoms with Crippen LogP contribution in [-0.4, -0.2) is 51.8 Å². The van der Waals surface area contributed by atoms with Crippen molar-refractivity contribution in [3.63, 3.8) is 0 Å². The highest BCUT2D eigenvalue weighted by molar-refractivity contribution is 6.01. The Kier molecular flexibility index (Phi) is 4.77. The fraction of sp³-hybridized carbons (Fsp3) is 0.412. The van der Waals surface area contributed by atoms with Crippen molar-refractivity contribution in [2.24, 2.45) is 0 Å². The third-order valence-corrected chi connectivity index (χ3v) is 4.42. The average Bonchev–Trinajstić information content (AvgIpc) is 3.16. The fourth-order valence-electron chi connectivity index (χ4n) is 2.72. The summed E-state index contributed by atoms with van der Waals surface area (Å²) in [4.78, 5) is 30.0. The van der Waals surface area contributed by atoms with Crippen LogP contribution in [0.4, 0.5) is 18.0 Å². The number of alkyl halides is 3. The van der Waals surface area contributed by atoms with Crippen molar-refractivity contribution < 1.29 is 32.0 Å². The molecule has 0 spiro atoms. The van der Waals surface area contributed by atoms with Gasteiger partial charge in [-0.2, -0.15) is 4.98 Å². The van der Waals surface area contributed by atoms with Gasteiger partial charge in [0.05, 0.1) is 5.41 Å². The van der Waals surface area contributed by atoms with Crippen molar-refractivity contribution in [3.05, 3.63) is 41.5 Å². The average molecular weight is 398 g/mol. The van der Waals surface area contributed by atoms with Crippen molar-refractivity contribution >= 4 is 11.9 Å². The van der Waals surface area contributed by atoms with Crippen LogP contribution < -0.4 is 4.74 Å². The molecule has 11 heteroatoms. The minimum Gasteiger partial charge on any atom is -0.406 e. The summed E-state index contributed by atoms with van der Waals surface area (Å²) in [5.74, 6) is -0.219. The number of carbonyl (C=O) groups excluding carboxylic acids is 2. The third kappa shape index (κ3) is 3.92. The van der Waals surface area contributed by atoms with E-state index in [0.717, 1.165) is 4.90 Å². The molecular weight excluding hydrogens is 381 g/mol. The van der Waals surface area contributed by atoms with Crippen LogP contribution in [0.3, 0.4) is 0 Å². The lowest BCUT2D eigenvalue weighted by Gasteiger charge is -2.21. The van der Waals surface area contributed by atoms with Crippen molar-refractivity contribution in [3.8, 4) is 5.75 Å². The summed E-state index contributed by atoms with van der Waals surface area (Å²) < 4.78 is 45.9. The minimum absolute atomic E-state index is 0.0175. The second kappa shape index (κ2) is 6.80. The summed E-state index contributed by atoms with van der Waals surface area (Å²) in [5.41, 5.74) is -0.137. The van der Waals surface area contributed by atoms with E-state index in [4.69, 9.17) is 4.52 Å². The Labute approximate surface area is 157 Å². The first-order chi connectivity index (χ1) is 13.0. The molecule has 1 fully saturated rings. The number of hydrogen-bond donors (Lipinski definition) is 0. The lowest BCUT2D eigenvalue weighted by Crippen LogP contribution is -2.29. The van der Waals surface area contributed by atoms with E-state index in [1.807, 2.05) is 0 Å². The highest BCUT2D eigenvalue weighted by Gasteiger charge is 2.35. The lowest BCUT2D eigenvalue weighted by molar-refractivity contribution is -0.274. The molecule has 1 aliphatic rings. The molecule has 2 heterocycles. The molecule has 1 aromatic heterocycles. The van der Waals surface area contributed by atoms with E-state index < -0.39 is 17.8 Å². The number of hydrogen-bond acceptors (Lipinski definition) is 6. The van der Waals surface area contributed by atoms with Crippen molar-refractivity contribution in [1.82, 2.24) is 19.9 Å². The van der Waals surface area contributed by atoms with Gasteiger partial charge in [0.1, 0.15) is 18.8 Å². The second-order valence-corrected chi connectivity index (χ2v) is 6.80. The van der Waals surface area contributed by atoms with Crippen LogP contribution >= 0.6 is 0 Å². The normalized spacial score (nSPS) is 15.5. The summed E-state index contributed by atoms with van der Waals surface area (Å²) >= 11 is 0. The first-order valence-corrected chi connectivity index (χ1v) is 8.22. The summed E-state index contributed by atoms with van der Waals surface area (Å²) in [6.45, 7) is 3.46. The molecule has 1 saturated heterocycles. The zero-order chi connectivity index (χ0) is 20.7. The van der Waals surface area contributed by atoms with Crippen molar-refractivity contribution in [2.45, 2.75) is 32.2 Å². The molecule has 3 rings (SSSR count). The monoisotopic (exact) mass is 398 g/mol. The highest BCUT2D eigenvalue weighted by atomic mass is 19.4. The largest absolute Gasteiger partial charge is 0.573 e. The van der Waals surface area contributed by atoms with Crippen molar-refractivity contribution in [1.29, 1.82) is 0 Å². The molecule has 0 aliphatic carbocycles. The van der Waals surface area contributed by atoms with Crippen molar-refractivity contribution in [2.75, 3.05) is 13.6 Å². The molecule has 1 aromatic carbocycles. The standard InChI is InChI=1S/C17H17F3N4O4/c1-16(2,10-4-6-11(7-5-10)27-17(18,19)20)14-21-12(28-22-14)8-24-9-13(25)23(3)15(24)26/h4-7H,8-9H2,1-3H3. The van der Waals surface area contributed by atoms with Crippen LogP contribution in [0.25, 0.3) is 0 Å². The smallest absolute Gasteiger partial charge is 0.406 e. The summed E-state index contributed by atoms with van der Waals surface area (Å²) in [5, 5.41) is 3.92. The molecule has 2 aromatic rings. The van der Waals surface area contributed by atoms with Crippen LogP contribution in [0.2, 0.25) is 0 Å². The van der Waals surface area contributed by atoms with Gasteiger partial charge in [0.25, 0.3) is 0 Å². The highest BCUT2D eigenvalue weighted by Crippen LogP contribution is 2.32. The van der Waals surface area contributed by atoms with Gasteiger partial charge >= 0.3 is 12.4 Å². The van der Waals surface area contributed by atoms with E-state index >= 15 is 0 Å². The number of rotatable bonds is 5. The Hall–Kier alpha value is -3.11. The number of aromatic nitrogens is 2. The van der Waals surface area contributed by atoms with E-state index in [1.54, 1.807) is 13.8 Å². The van der Waals surface area contributed by atoms with E-state index in [-0.39, 0.29) is 30.6 Å². The van der Waals surface area contributed by atoms with Gasteiger partial charge in [-0.1, -0.05) is 17.3 Å². The summed E-state index contributed by atoms with van der Waals surface area (Å²) in [6.07, 6.45) is -4.76. The minimum atomic E-state index is -4.76. The quantitative estimate of drug-likeness (QED) is 0.720. The number of likely N-dealkylation sites (N-methyl/N-ethyl adjacent to an activating group) is 1. The molecule has 0 saturated carbocycles. The summed E-state index contributed by atoms with van der Waals surface area (Å²) in [6, 6.07) is 4.92. The number of nitrogens with zero attached hydrogens (tertiary/aromatic N) is 4. The molecular formula is C17H17F3N4O4. The molecule has 28 heavy (non-hydrogen) atoms. The van der Waals surface area contributed by atoms with Crippen LogP contribution in [-0.2, 0) is 16.8 Å². The van der Waals surface area contributed by atoms with Gasteiger partial charge in [-0.15, -0.1) is 13.2 Å². The number of amides is 3. The zero-order valence-electron chi connectivity index (χ0n) is 15.3. The number of urea groups is 1. The SMILES string of the molecule is CN1C(=O)CN(Cc2nc(C(C)(C)c3ccc(OC(F)(F)F)cc3)no2)C1=O. The third-order valence-electron chi connectivity index (χ3n) is 4.42. The Morgan fingerprint density at radius 1 is 1.18 bits per heavy atom. The Morgan fingerprint density at radius 2 is 1.82 bits per heavy atom. The maximum absolute atomic E-state index is 12.3. The van der Waals surface area contributed by atoms with Crippen LogP contribution in [0.1, 0.15) is 31.1 Å². The molecule has 1 aliphatic heterocycles. The lowest BCUT2D eigenvalue weighted by atomic mass is 9.84. The van der Waals surface area contributed by atoms with Gasteiger partial charge < -0.3 is 14.2 Å². The van der Waals surface area contributed by atoms with Gasteiger partial charge in [0, 0.05) is 7.05 Å². The zero-order valence-corrected chi connectivity index (χ0v) is 15.3. The molecule has 0 atom stereocenters. The van der Waals surface area contributed by atoms with E-state index in [0.29, 0.717) is 11.4 Å². The first kappa shape index (κ1) is 19.6. The molecule has 0 unspecified atom stereocenters. The Bertz CT molecular complexity index is 893. The second-order valence-electron chi connectivity index (χ2n) is 6.80. The molecule has 0 bridgehead atoms. The van der Waals surface area contributed by atoms with Crippen LogP contribution in [0.5, 0.6) is 5.75 Å². The molecule has 0 radical (unpaired) electrons. The number of ether oxygens (including phenoxy) is 1. The van der Waals surface area contributed by atoms with E-state index in [9.17, 15) is 22.8 Å². The van der Waals surface area contributed by atoms with E-state index in [1.165, 1.54) is 36.2 Å². The predicted molar refractivity (Wildman–Crippen MR) is 88.1 cm³/mol. The number of halogens is 3. The first-order valence-electron chi connectivity index (χ1n) is 8.22. The fourth-order valence-corrected chi connectivity index (χ4v) is 2.72. The maximum atomic E-state index is 12.3. The molecule has 3 amide bonds. The van der Waals surface area contributed by atoms with Crippen LogP contribution in [0, 0.1) is 0 Å². The van der Waals surface area contributed by atoms with Crippen LogP contribution in [0.15, 0.2) is 28.8 Å². The summed E-state index contributed by atoms with van der Waals surface area (Å²) in [7, 11) is 1.39. The van der Waals surface area contributed by atoms with Gasteiger partial charge in [0.2, 0.25) is 11.8 Å². The molecule has 0 N–H and O–H groups in total. The molecule has 8 nitrogen and oxygen atoms in total. The number of imide groups is 1. The number of carbonyl (C=O) groups is 2. The van der Waals surface area contributed by atoms with Gasteiger partial charge in [-0.05, 0) is 31.5 Å². The Balaban J connectivity index is 1.74. The van der Waals surface area contributed by atoms with Gasteiger partial charge in [-0.25, -0.2) is 4.79 Å². The van der Waals surface area contributed by atoms with E-state index in [2.05, 4.69) is 14.9 Å². The Morgan fingerprint density at radius 3 is 2.36 bits per heavy atom. The van der Waals surface area contributed by atoms with Gasteiger partial charge in [0.15, 0.2) is 5.82 Å². The topological polar surface area (TPSA) is 88.8 Å². The van der Waals surface area contributed by atoms with Gasteiger partial charge in [-0.3, -0.25) is 9.69 Å². The maximum Gasteiger partial charge on any atom is 0.573 e. The predicted octanol–water partition coefficient (Wildman–Crippen LogP) is 2.69.